The van der Waals surface area contributed by atoms with Gasteiger partial charge in [0.2, 0.25) is 15.9 Å². The van der Waals surface area contributed by atoms with Gasteiger partial charge in [-0.2, -0.15) is 0 Å². The average molecular weight is 302 g/mol. The first-order valence-corrected chi connectivity index (χ1v) is 7.04. The quantitative estimate of drug-likeness (QED) is 0.272. The summed E-state index contributed by atoms with van der Waals surface area (Å²) in [5.41, 5.74) is 9.95. The minimum Gasteiger partial charge on any atom is -0.398 e. The number of carbonyl (C=O) groups is 1. The number of anilines is 1. The lowest BCUT2D eigenvalue weighted by atomic mass is 10.3. The van der Waals surface area contributed by atoms with Gasteiger partial charge in [-0.3, -0.25) is 14.9 Å². The average Bonchev–Trinajstić information content (AvgIpc) is 2.34. The highest BCUT2D eigenvalue weighted by Crippen LogP contribution is 2.23. The van der Waals surface area contributed by atoms with Crippen molar-refractivity contribution in [2.75, 3.05) is 12.3 Å². The number of nitrogen functional groups attached to an aromatic ring is 1. The number of nitrogens with one attached hydrogen (secondary N) is 1. The van der Waals surface area contributed by atoms with Crippen molar-refractivity contribution in [2.24, 2.45) is 5.73 Å². The van der Waals surface area contributed by atoms with Crippen molar-refractivity contribution < 1.29 is 18.1 Å². The van der Waals surface area contributed by atoms with E-state index in [2.05, 4.69) is 4.72 Å². The fourth-order valence-electron chi connectivity index (χ4n) is 1.42. The molecule has 0 bridgehead atoms. The molecule has 110 valence electrons. The van der Waals surface area contributed by atoms with Crippen LogP contribution in [-0.2, 0) is 14.8 Å². The van der Waals surface area contributed by atoms with Gasteiger partial charge in [-0.1, -0.05) is 0 Å². The summed E-state index contributed by atoms with van der Waals surface area (Å²) in [6.07, 6.45) is 0.260. The Labute approximate surface area is 115 Å². The highest BCUT2D eigenvalue weighted by molar-refractivity contribution is 7.89. The number of carbonyl (C=O) groups excluding carboxylic acids is 1. The Kier molecular flexibility index (Phi) is 5.00. The summed E-state index contributed by atoms with van der Waals surface area (Å²) >= 11 is 0. The second-order valence-electron chi connectivity index (χ2n) is 3.95. The molecule has 0 aliphatic carbocycles. The minimum atomic E-state index is -3.98. The Morgan fingerprint density at radius 3 is 2.60 bits per heavy atom. The monoisotopic (exact) mass is 302 g/mol. The Morgan fingerprint density at radius 2 is 2.05 bits per heavy atom. The number of primary amides is 1. The van der Waals surface area contributed by atoms with Gasteiger partial charge in [0.1, 0.15) is 4.90 Å². The fraction of sp³-hybridized carbons (Fsp3) is 0.300. The first kappa shape index (κ1) is 15.9. The molecule has 0 aliphatic rings. The van der Waals surface area contributed by atoms with Crippen molar-refractivity contribution >= 4 is 27.3 Å². The second kappa shape index (κ2) is 6.30. The Hall–Kier alpha value is -2.20. The second-order valence-corrected chi connectivity index (χ2v) is 5.68. The molecule has 20 heavy (non-hydrogen) atoms. The number of amides is 1. The molecule has 0 atom stereocenters. The molecule has 0 spiro atoms. The highest BCUT2D eigenvalue weighted by atomic mass is 32.2. The van der Waals surface area contributed by atoms with Crippen molar-refractivity contribution in [1.29, 1.82) is 0 Å². The normalized spacial score (nSPS) is 11.2. The van der Waals surface area contributed by atoms with Crippen LogP contribution in [0.1, 0.15) is 12.8 Å². The summed E-state index contributed by atoms with van der Waals surface area (Å²) in [6.45, 7) is -0.0204. The number of hydrogen-bond donors (Lipinski definition) is 3. The molecule has 1 rings (SSSR count). The van der Waals surface area contributed by atoms with Crippen molar-refractivity contribution in [3.05, 3.63) is 28.3 Å². The van der Waals surface area contributed by atoms with Crippen LogP contribution in [0.2, 0.25) is 0 Å². The van der Waals surface area contributed by atoms with Crippen LogP contribution in [0.4, 0.5) is 11.4 Å². The molecule has 1 aromatic carbocycles. The van der Waals surface area contributed by atoms with E-state index in [4.69, 9.17) is 11.5 Å². The van der Waals surface area contributed by atoms with Crippen LogP contribution in [0.5, 0.6) is 0 Å². The number of benzene rings is 1. The van der Waals surface area contributed by atoms with Crippen LogP contribution in [-0.4, -0.2) is 25.8 Å². The third-order valence-electron chi connectivity index (χ3n) is 2.39. The van der Waals surface area contributed by atoms with E-state index >= 15 is 0 Å². The van der Waals surface area contributed by atoms with E-state index in [1.807, 2.05) is 0 Å². The van der Waals surface area contributed by atoms with E-state index in [1.165, 1.54) is 0 Å². The van der Waals surface area contributed by atoms with Crippen LogP contribution in [0.25, 0.3) is 0 Å². The zero-order valence-electron chi connectivity index (χ0n) is 10.4. The number of hydrogen-bond acceptors (Lipinski definition) is 6. The number of nitrogens with zero attached hydrogens (tertiary/aromatic N) is 1. The van der Waals surface area contributed by atoms with Gasteiger partial charge in [-0.25, -0.2) is 13.1 Å². The van der Waals surface area contributed by atoms with Crippen molar-refractivity contribution in [1.82, 2.24) is 4.72 Å². The van der Waals surface area contributed by atoms with E-state index in [0.29, 0.717) is 0 Å². The van der Waals surface area contributed by atoms with Gasteiger partial charge >= 0.3 is 0 Å². The molecule has 1 aromatic rings. The number of sulfonamides is 1. The summed E-state index contributed by atoms with van der Waals surface area (Å²) in [5, 5.41) is 10.6. The third-order valence-corrected chi connectivity index (χ3v) is 3.91. The summed E-state index contributed by atoms with van der Waals surface area (Å²) in [6, 6.07) is 3.14. The molecule has 1 amide bonds. The summed E-state index contributed by atoms with van der Waals surface area (Å²) in [4.78, 5) is 20.1. The summed E-state index contributed by atoms with van der Waals surface area (Å²) in [5.74, 6) is -0.543. The Balaban J connectivity index is 2.89. The Bertz CT molecular complexity index is 629. The van der Waals surface area contributed by atoms with Crippen molar-refractivity contribution in [2.45, 2.75) is 17.7 Å². The molecule has 0 unspecified atom stereocenters. The van der Waals surface area contributed by atoms with Crippen LogP contribution >= 0.6 is 0 Å². The van der Waals surface area contributed by atoms with Crippen molar-refractivity contribution in [3.8, 4) is 0 Å². The third kappa shape index (κ3) is 4.17. The predicted octanol–water partition coefficient (Wildman–Crippen LogP) is -0.279. The maximum atomic E-state index is 11.9. The molecule has 0 heterocycles. The molecular formula is C10H14N4O5S. The highest BCUT2D eigenvalue weighted by Gasteiger charge is 2.20. The molecule has 0 aliphatic heterocycles. The molecule has 5 N–H and O–H groups in total. The number of rotatable bonds is 7. The predicted molar refractivity (Wildman–Crippen MR) is 71.1 cm³/mol. The maximum Gasteiger partial charge on any atom is 0.270 e. The van der Waals surface area contributed by atoms with Gasteiger partial charge in [0.15, 0.2) is 0 Å². The van der Waals surface area contributed by atoms with Crippen molar-refractivity contribution in [3.63, 3.8) is 0 Å². The summed E-state index contributed by atoms with van der Waals surface area (Å²) in [7, 11) is -3.98. The topological polar surface area (TPSA) is 158 Å². The van der Waals surface area contributed by atoms with Gasteiger partial charge in [0.25, 0.3) is 5.69 Å². The summed E-state index contributed by atoms with van der Waals surface area (Å²) < 4.78 is 26.1. The standard InChI is InChI=1S/C10H14N4O5S/c11-8-4-3-7(14(16)17)6-9(8)20(18,19)13-5-1-2-10(12)15/h3-4,6,13H,1-2,5,11H2,(H2,12,15). The number of nitrogens with two attached hydrogens (primary N) is 2. The van der Waals surface area contributed by atoms with Crippen LogP contribution in [0, 0.1) is 10.1 Å². The zero-order valence-corrected chi connectivity index (χ0v) is 11.2. The minimum absolute atomic E-state index is 0.0204. The fourth-order valence-corrected chi connectivity index (χ4v) is 2.64. The first-order chi connectivity index (χ1) is 9.24. The zero-order chi connectivity index (χ0) is 15.3. The van der Waals surface area contributed by atoms with E-state index in [1.54, 1.807) is 0 Å². The van der Waals surface area contributed by atoms with E-state index in [0.717, 1.165) is 18.2 Å². The molecular weight excluding hydrogens is 288 g/mol. The molecule has 0 radical (unpaired) electrons. The van der Waals surface area contributed by atoms with Crippen LogP contribution < -0.4 is 16.2 Å². The van der Waals surface area contributed by atoms with Gasteiger partial charge in [-0.05, 0) is 12.5 Å². The number of nitro benzene ring substituents is 1. The number of nitro groups is 1. The molecule has 0 fully saturated rings. The van der Waals surface area contributed by atoms with Gasteiger partial charge in [-0.15, -0.1) is 0 Å². The maximum absolute atomic E-state index is 11.9. The largest absolute Gasteiger partial charge is 0.398 e. The molecule has 9 nitrogen and oxygen atoms in total. The van der Waals surface area contributed by atoms with Crippen LogP contribution in [0.3, 0.4) is 0 Å². The SMILES string of the molecule is NC(=O)CCCNS(=O)(=O)c1cc([N+](=O)[O-])ccc1N. The first-order valence-electron chi connectivity index (χ1n) is 5.56. The van der Waals surface area contributed by atoms with E-state index < -0.39 is 20.9 Å². The lowest BCUT2D eigenvalue weighted by Gasteiger charge is -2.08. The molecule has 10 heteroatoms. The lowest BCUT2D eigenvalue weighted by molar-refractivity contribution is -0.385. The van der Waals surface area contributed by atoms with E-state index in [-0.39, 0.29) is 35.7 Å². The van der Waals surface area contributed by atoms with Gasteiger partial charge in [0, 0.05) is 25.1 Å². The van der Waals surface area contributed by atoms with Crippen LogP contribution in [0.15, 0.2) is 23.1 Å². The lowest BCUT2D eigenvalue weighted by Crippen LogP contribution is -2.26. The number of non-ortho nitro benzene ring substituents is 1. The molecule has 0 saturated carbocycles. The molecule has 0 aromatic heterocycles. The smallest absolute Gasteiger partial charge is 0.270 e. The van der Waals surface area contributed by atoms with Gasteiger partial charge < -0.3 is 11.5 Å². The van der Waals surface area contributed by atoms with Gasteiger partial charge in [0.05, 0.1) is 10.6 Å². The Morgan fingerprint density at radius 1 is 1.40 bits per heavy atom. The molecule has 0 saturated heterocycles. The van der Waals surface area contributed by atoms with E-state index in [9.17, 15) is 23.3 Å².